The van der Waals surface area contributed by atoms with Crippen LogP contribution in [0.2, 0.25) is 0 Å². The van der Waals surface area contributed by atoms with Gasteiger partial charge in [-0.15, -0.1) is 0 Å². The number of hydrogen-bond donors (Lipinski definition) is 0. The molecule has 2 aliphatic rings. The molecule has 7 nitrogen and oxygen atoms in total. The predicted octanol–water partition coefficient (Wildman–Crippen LogP) is 3.05. The molecular weight excluding hydrogens is 300 g/mol. The second kappa shape index (κ2) is 4.82. The number of nitro groups is 1. The van der Waals surface area contributed by atoms with E-state index in [-0.39, 0.29) is 23.5 Å². The van der Waals surface area contributed by atoms with E-state index in [9.17, 15) is 14.9 Å². The maximum atomic E-state index is 12.7. The second-order valence-electron chi connectivity index (χ2n) is 8.78. The lowest BCUT2D eigenvalue weighted by Crippen LogP contribution is -2.51. The molecule has 7 heteroatoms. The van der Waals surface area contributed by atoms with E-state index in [1.165, 1.54) is 0 Å². The molecule has 132 valence electrons. The summed E-state index contributed by atoms with van der Waals surface area (Å²) in [6.45, 7) is 14.6. The Balaban J connectivity index is 2.32. The quantitative estimate of drug-likeness (QED) is 0.575. The van der Waals surface area contributed by atoms with E-state index in [4.69, 9.17) is 9.47 Å². The molecule has 0 radical (unpaired) electrons. The van der Waals surface area contributed by atoms with Crippen molar-refractivity contribution in [3.05, 3.63) is 10.1 Å². The van der Waals surface area contributed by atoms with Crippen LogP contribution in [0.5, 0.6) is 0 Å². The highest BCUT2D eigenvalue weighted by Gasteiger charge is 2.82. The number of ether oxygens (including phenoxy) is 2. The van der Waals surface area contributed by atoms with E-state index >= 15 is 0 Å². The van der Waals surface area contributed by atoms with Crippen molar-refractivity contribution in [1.82, 2.24) is 4.90 Å². The fourth-order valence-corrected chi connectivity index (χ4v) is 3.95. The Morgan fingerprint density at radius 1 is 1.26 bits per heavy atom. The SMILES string of the molecule is CC(C)(C)OC(=O)N1[C@H]([C@@H]2C(C)(C)[C@@]2(C)[N+](=O)[O-])COC1(C)C. The highest BCUT2D eigenvalue weighted by atomic mass is 16.6. The number of carbonyl (C=O) groups is 1. The Kier molecular flexibility index (Phi) is 3.76. The molecule has 3 atom stereocenters. The molecule has 1 heterocycles. The van der Waals surface area contributed by atoms with E-state index in [0.29, 0.717) is 0 Å². The summed E-state index contributed by atoms with van der Waals surface area (Å²) in [4.78, 5) is 25.5. The first-order chi connectivity index (χ1) is 10.2. The van der Waals surface area contributed by atoms with Gasteiger partial charge < -0.3 is 9.47 Å². The third-order valence-corrected chi connectivity index (χ3v) is 5.48. The van der Waals surface area contributed by atoms with Crippen molar-refractivity contribution < 1.29 is 19.2 Å². The highest BCUT2D eigenvalue weighted by Crippen LogP contribution is 2.66. The van der Waals surface area contributed by atoms with Gasteiger partial charge in [0, 0.05) is 17.3 Å². The van der Waals surface area contributed by atoms with Crippen LogP contribution in [0.25, 0.3) is 0 Å². The molecule has 23 heavy (non-hydrogen) atoms. The zero-order chi connectivity index (χ0) is 18.0. The van der Waals surface area contributed by atoms with Crippen LogP contribution >= 0.6 is 0 Å². The Labute approximate surface area is 137 Å². The van der Waals surface area contributed by atoms with Crippen molar-refractivity contribution in [1.29, 1.82) is 0 Å². The normalized spacial score (nSPS) is 35.0. The maximum Gasteiger partial charge on any atom is 0.412 e. The molecule has 1 saturated heterocycles. The van der Waals surface area contributed by atoms with Crippen molar-refractivity contribution in [2.45, 2.75) is 78.3 Å². The largest absolute Gasteiger partial charge is 0.444 e. The minimum absolute atomic E-state index is 0.226. The van der Waals surface area contributed by atoms with Gasteiger partial charge in [0.25, 0.3) is 0 Å². The number of hydrogen-bond acceptors (Lipinski definition) is 5. The molecule has 0 unspecified atom stereocenters. The number of amides is 1. The molecule has 1 amide bonds. The van der Waals surface area contributed by atoms with Crippen LogP contribution in [0.4, 0.5) is 4.79 Å². The van der Waals surface area contributed by atoms with Crippen LogP contribution in [-0.2, 0) is 9.47 Å². The lowest BCUT2D eigenvalue weighted by atomic mass is 10.0. The predicted molar refractivity (Wildman–Crippen MR) is 84.6 cm³/mol. The van der Waals surface area contributed by atoms with Crippen molar-refractivity contribution in [2.75, 3.05) is 6.61 Å². The van der Waals surface area contributed by atoms with E-state index in [1.54, 1.807) is 46.4 Å². The zero-order valence-corrected chi connectivity index (χ0v) is 15.3. The Morgan fingerprint density at radius 2 is 1.78 bits per heavy atom. The molecule has 1 aliphatic carbocycles. The van der Waals surface area contributed by atoms with Gasteiger partial charge in [-0.3, -0.25) is 15.0 Å². The molecular formula is C16H28N2O5. The van der Waals surface area contributed by atoms with E-state index in [1.807, 2.05) is 13.8 Å². The lowest BCUT2D eigenvalue weighted by Gasteiger charge is -2.35. The van der Waals surface area contributed by atoms with Crippen LogP contribution in [0.15, 0.2) is 0 Å². The minimum Gasteiger partial charge on any atom is -0.444 e. The van der Waals surface area contributed by atoms with Crippen molar-refractivity contribution in [3.63, 3.8) is 0 Å². The van der Waals surface area contributed by atoms with Gasteiger partial charge in [0.15, 0.2) is 0 Å². The van der Waals surface area contributed by atoms with E-state index < -0.39 is 28.4 Å². The first kappa shape index (κ1) is 18.0. The third kappa shape index (κ3) is 2.58. The van der Waals surface area contributed by atoms with Crippen LogP contribution in [-0.4, -0.2) is 45.4 Å². The van der Waals surface area contributed by atoms with Gasteiger partial charge in [0.1, 0.15) is 11.3 Å². The summed E-state index contributed by atoms with van der Waals surface area (Å²) in [5.74, 6) is -0.278. The summed E-state index contributed by atoms with van der Waals surface area (Å²) in [6.07, 6.45) is -0.488. The Hall–Kier alpha value is -1.37. The van der Waals surface area contributed by atoms with Gasteiger partial charge in [-0.2, -0.15) is 0 Å². The fraction of sp³-hybridized carbons (Fsp3) is 0.938. The van der Waals surface area contributed by atoms with Crippen molar-refractivity contribution >= 4 is 6.09 Å². The number of carbonyl (C=O) groups excluding carboxylic acids is 1. The van der Waals surface area contributed by atoms with Crippen LogP contribution in [0.1, 0.15) is 55.4 Å². The monoisotopic (exact) mass is 328 g/mol. The molecule has 0 aromatic carbocycles. The molecule has 1 aliphatic heterocycles. The molecule has 0 aromatic rings. The summed E-state index contributed by atoms with van der Waals surface area (Å²) in [6, 6.07) is -0.370. The van der Waals surface area contributed by atoms with Gasteiger partial charge >= 0.3 is 6.09 Å². The summed E-state index contributed by atoms with van der Waals surface area (Å²) < 4.78 is 11.3. The standard InChI is InChI=1S/C16H28N2O5/c1-13(2,3)23-12(19)17-10(9-22-15(17,6)7)11-14(4,5)16(11,8)18(20)21/h10-11H,9H2,1-8H3/t10-,11+,16-/m0/s1. The fourth-order valence-electron chi connectivity index (χ4n) is 3.95. The Morgan fingerprint density at radius 3 is 2.17 bits per heavy atom. The molecule has 0 spiro atoms. The summed E-state index contributed by atoms with van der Waals surface area (Å²) >= 11 is 0. The second-order valence-corrected chi connectivity index (χ2v) is 8.78. The van der Waals surface area contributed by atoms with Crippen molar-refractivity contribution in [3.8, 4) is 0 Å². The first-order valence-corrected chi connectivity index (χ1v) is 7.97. The number of nitrogens with zero attached hydrogens (tertiary/aromatic N) is 2. The van der Waals surface area contributed by atoms with Gasteiger partial charge in [0.05, 0.1) is 18.6 Å². The van der Waals surface area contributed by atoms with Crippen LogP contribution in [0, 0.1) is 21.4 Å². The van der Waals surface area contributed by atoms with Crippen LogP contribution in [0.3, 0.4) is 0 Å². The summed E-state index contributed by atoms with van der Waals surface area (Å²) in [5.41, 5.74) is -3.05. The topological polar surface area (TPSA) is 81.9 Å². The molecule has 0 aromatic heterocycles. The molecule has 1 saturated carbocycles. The Bertz CT molecular complexity index is 537. The van der Waals surface area contributed by atoms with Crippen molar-refractivity contribution in [2.24, 2.45) is 11.3 Å². The average Bonchev–Trinajstić information content (AvgIpc) is 2.61. The van der Waals surface area contributed by atoms with E-state index in [0.717, 1.165) is 0 Å². The lowest BCUT2D eigenvalue weighted by molar-refractivity contribution is -0.545. The third-order valence-electron chi connectivity index (χ3n) is 5.48. The van der Waals surface area contributed by atoms with Gasteiger partial charge in [-0.05, 0) is 34.6 Å². The first-order valence-electron chi connectivity index (χ1n) is 7.97. The molecule has 0 bridgehead atoms. The van der Waals surface area contributed by atoms with Gasteiger partial charge in [-0.25, -0.2) is 4.79 Å². The maximum absolute atomic E-state index is 12.7. The molecule has 0 N–H and O–H groups in total. The molecule has 2 fully saturated rings. The minimum atomic E-state index is -1.07. The summed E-state index contributed by atoms with van der Waals surface area (Å²) in [7, 11) is 0. The van der Waals surface area contributed by atoms with Gasteiger partial charge in [-0.1, -0.05) is 13.8 Å². The highest BCUT2D eigenvalue weighted by molar-refractivity contribution is 5.70. The number of rotatable bonds is 2. The van der Waals surface area contributed by atoms with E-state index in [2.05, 4.69) is 0 Å². The summed E-state index contributed by atoms with van der Waals surface area (Å²) in [5, 5.41) is 11.6. The average molecular weight is 328 g/mol. The zero-order valence-electron chi connectivity index (χ0n) is 15.3. The smallest absolute Gasteiger partial charge is 0.412 e. The van der Waals surface area contributed by atoms with Crippen LogP contribution < -0.4 is 0 Å². The molecule has 2 rings (SSSR count). The van der Waals surface area contributed by atoms with Gasteiger partial charge in [0.2, 0.25) is 5.54 Å².